The molecule has 2 aromatic rings. The lowest BCUT2D eigenvalue weighted by molar-refractivity contribution is -0.124. The second-order valence-corrected chi connectivity index (χ2v) is 30.2. The number of nitrogens with one attached hydrogen (secondary N) is 2. The number of aryl methyl sites for hydroxylation is 1. The third-order valence-electron chi connectivity index (χ3n) is 20.7. The van der Waals surface area contributed by atoms with Gasteiger partial charge < -0.3 is 78.9 Å². The Bertz CT molecular complexity index is 3760. The molecule has 2 fully saturated rings. The third-order valence-corrected chi connectivity index (χ3v) is 22.3. The Labute approximate surface area is 550 Å². The van der Waals surface area contributed by atoms with Crippen LogP contribution in [0.4, 0.5) is 0 Å². The standard InChI is InChI=1S/C62H91N13O18P2/c1-29-20-39-38(22-40(29)89-11)70-28-75(39)57-52(83)53(41(91-57)27-90-94(84,85)86)93-95(87,88)92-30(2)26-69-49(82)18-19-59(7)36(21-46(66)79)56-62(10)61(9,25-48(68)81)35(14-17-45(65)78)51(74-62)32(4)55-60(8,24-47(67)80)33(12-15-43(63)76)37(71-55)23-42-58(5,6)34(13-16-44(64)77)50(72-42)31(3)54(59)73-56/h20,22-23,28,30,33-36,41,52-53,56-57,71,83H,12-19,21,24-27H2,1-11H3,(H2,63,76)(H2,64,77)(H2,65,78)(H2,66,79)(H2,67,80)(H2,68,81)(H,69,82)(H,87,88)(H2,84,85,86)/b37-23?,50-31?,55-32-/t30-,33-,34-,35-,36+,41-,52-,53-,56-,57+,59-,60+,61+,62+/m1/s1. The fraction of sp³-hybridized carbons (Fsp3) is 0.629. The summed E-state index contributed by atoms with van der Waals surface area (Å²) < 4.78 is 54.3. The molecule has 8 bridgehead atoms. The van der Waals surface area contributed by atoms with Crippen LogP contribution in [0.5, 0.6) is 5.75 Å². The number of rotatable bonds is 29. The number of aromatic nitrogens is 2. The molecule has 2 saturated heterocycles. The minimum Gasteiger partial charge on any atom is -0.496 e. The molecule has 15 atom stereocenters. The first-order chi connectivity index (χ1) is 44.0. The number of nitrogens with two attached hydrogens (primary N) is 6. The fourth-order valence-corrected chi connectivity index (χ4v) is 17.2. The number of aliphatic hydroxyl groups excluding tert-OH is 1. The van der Waals surface area contributed by atoms with Gasteiger partial charge in [-0.3, -0.25) is 62.1 Å². The molecule has 95 heavy (non-hydrogen) atoms. The SMILES string of the molecule is COc1cc2ncn([C@H]3O[C@H](COP(=O)(O)O)[C@@H](OP(=O)(O)O[C@H](C)CNC(=O)CC[C@@]4(C)C5=N[C@H]([C@@H]4CC(N)=O)[C@]4(C)N=C(/C(C)=C6\NC(=CC7=NC(=C5C)[C@@H](CCC(N)=O)C7(C)C)[C@@H](CCC(N)=O)[C@]6(C)CC(N)=O)[C@@H](CCC(N)=O)[C@]4(C)CC(N)=O)[C@H]3O)c2cc1C. The maximum Gasteiger partial charge on any atom is 0.472 e. The average Bonchev–Trinajstić information content (AvgIpc) is 1.53. The van der Waals surface area contributed by atoms with Gasteiger partial charge in [0.05, 0.1) is 48.8 Å². The molecule has 8 rings (SSSR count). The van der Waals surface area contributed by atoms with Crippen molar-refractivity contribution in [2.24, 2.45) is 94.7 Å². The number of hydrogen-bond acceptors (Lipinski definition) is 20. The quantitative estimate of drug-likeness (QED) is 0.0521. The summed E-state index contributed by atoms with van der Waals surface area (Å²) in [7, 11) is -8.96. The molecule has 31 nitrogen and oxygen atoms in total. The molecule has 0 aliphatic carbocycles. The summed E-state index contributed by atoms with van der Waals surface area (Å²) in [6, 6.07) is 2.26. The molecular formula is C62H91N13O18P2. The number of fused-ring (bicyclic) bond motifs is 7. The lowest BCUT2D eigenvalue weighted by Crippen LogP contribution is -2.56. The van der Waals surface area contributed by atoms with Crippen LogP contribution >= 0.6 is 15.6 Å². The van der Waals surface area contributed by atoms with Crippen LogP contribution in [0.2, 0.25) is 0 Å². The van der Waals surface area contributed by atoms with Gasteiger partial charge in [-0.1, -0.05) is 34.6 Å². The fourth-order valence-electron chi connectivity index (χ4n) is 15.7. The van der Waals surface area contributed by atoms with Crippen molar-refractivity contribution >= 4 is 85.2 Å². The molecule has 1 unspecified atom stereocenters. The van der Waals surface area contributed by atoms with Gasteiger partial charge in [-0.2, -0.15) is 0 Å². The number of benzene rings is 1. The predicted molar refractivity (Wildman–Crippen MR) is 346 cm³/mol. The smallest absolute Gasteiger partial charge is 0.472 e. The van der Waals surface area contributed by atoms with E-state index in [0.717, 1.165) is 0 Å². The van der Waals surface area contributed by atoms with Gasteiger partial charge in [-0.15, -0.1) is 0 Å². The Morgan fingerprint density at radius 2 is 1.41 bits per heavy atom. The first kappa shape index (κ1) is 73.8. The Hall–Kier alpha value is -7.05. The summed E-state index contributed by atoms with van der Waals surface area (Å²) in [5.41, 5.74) is 35.3. The number of hydrogen-bond donors (Lipinski definition) is 12. The van der Waals surface area contributed by atoms with E-state index in [0.29, 0.717) is 67.7 Å². The zero-order chi connectivity index (χ0) is 70.6. The van der Waals surface area contributed by atoms with Crippen molar-refractivity contribution in [3.63, 3.8) is 0 Å². The normalized spacial score (nSPS) is 31.9. The van der Waals surface area contributed by atoms with E-state index in [4.69, 9.17) is 72.4 Å². The van der Waals surface area contributed by atoms with Gasteiger partial charge in [0, 0.05) is 137 Å². The number of phosphoric acid groups is 2. The molecule has 7 heterocycles. The van der Waals surface area contributed by atoms with Crippen molar-refractivity contribution in [3.8, 4) is 5.75 Å². The highest BCUT2D eigenvalue weighted by Crippen LogP contribution is 2.63. The van der Waals surface area contributed by atoms with Gasteiger partial charge in [0.25, 0.3) is 0 Å². The first-order valence-electron chi connectivity index (χ1n) is 31.4. The number of phosphoric ester groups is 2. The van der Waals surface area contributed by atoms with Crippen LogP contribution in [0.1, 0.15) is 145 Å². The van der Waals surface area contributed by atoms with Crippen molar-refractivity contribution in [2.75, 3.05) is 20.3 Å². The summed E-state index contributed by atoms with van der Waals surface area (Å²) in [6.07, 6.45) is -5.90. The first-order valence-corrected chi connectivity index (χ1v) is 34.4. The molecule has 6 aliphatic rings. The predicted octanol–water partition coefficient (Wildman–Crippen LogP) is 2.98. The number of carbonyl (C=O) groups excluding carboxylic acids is 7. The van der Waals surface area contributed by atoms with Crippen molar-refractivity contribution in [2.45, 2.75) is 182 Å². The van der Waals surface area contributed by atoms with E-state index < -0.39 is 158 Å². The monoisotopic (exact) mass is 1370 g/mol. The topological polar surface area (TPSA) is 516 Å². The van der Waals surface area contributed by atoms with Crippen LogP contribution in [0.3, 0.4) is 0 Å². The summed E-state index contributed by atoms with van der Waals surface area (Å²) >= 11 is 0. The van der Waals surface area contributed by atoms with Gasteiger partial charge in [-0.05, 0) is 89.2 Å². The number of nitrogens with zero attached hydrogens (tertiary/aromatic N) is 5. The molecule has 522 valence electrons. The van der Waals surface area contributed by atoms with Crippen molar-refractivity contribution in [3.05, 3.63) is 58.3 Å². The molecule has 33 heteroatoms. The van der Waals surface area contributed by atoms with Crippen molar-refractivity contribution < 1.29 is 85.5 Å². The Morgan fingerprint density at radius 1 is 0.800 bits per heavy atom. The van der Waals surface area contributed by atoms with Crippen LogP contribution < -0.4 is 49.8 Å². The highest BCUT2D eigenvalue weighted by atomic mass is 31.2. The molecule has 0 saturated carbocycles. The minimum absolute atomic E-state index is 0.0436. The van der Waals surface area contributed by atoms with E-state index >= 15 is 0 Å². The molecule has 7 amide bonds. The summed E-state index contributed by atoms with van der Waals surface area (Å²) in [6.45, 7) is 16.6. The molecule has 0 radical (unpaired) electrons. The molecule has 6 aliphatic heterocycles. The van der Waals surface area contributed by atoms with Gasteiger partial charge in [0.2, 0.25) is 41.4 Å². The van der Waals surface area contributed by atoms with E-state index in [2.05, 4.69) is 15.6 Å². The molecule has 18 N–H and O–H groups in total. The lowest BCUT2D eigenvalue weighted by Gasteiger charge is -2.48. The molecule has 1 aromatic heterocycles. The average molecular weight is 1370 g/mol. The summed E-state index contributed by atoms with van der Waals surface area (Å²) in [4.78, 5) is 145. The van der Waals surface area contributed by atoms with Gasteiger partial charge in [0.15, 0.2) is 6.23 Å². The molecule has 0 spiro atoms. The van der Waals surface area contributed by atoms with Gasteiger partial charge in [-0.25, -0.2) is 14.1 Å². The highest BCUT2D eigenvalue weighted by Gasteiger charge is 2.66. The number of primary amides is 6. The van der Waals surface area contributed by atoms with Crippen LogP contribution in [0.15, 0.2) is 67.8 Å². The summed E-state index contributed by atoms with van der Waals surface area (Å²) in [5.74, 6) is -6.99. The Kier molecular flexibility index (Phi) is 21.3. The number of ether oxygens (including phenoxy) is 2. The van der Waals surface area contributed by atoms with Crippen LogP contribution in [0.25, 0.3) is 11.0 Å². The minimum atomic E-state index is -5.28. The van der Waals surface area contributed by atoms with E-state index in [1.54, 1.807) is 39.8 Å². The number of aliphatic imine (C=N–C) groups is 3. The maximum absolute atomic E-state index is 14.4. The van der Waals surface area contributed by atoms with Gasteiger partial charge >= 0.3 is 15.6 Å². The number of carbonyl (C=O) groups is 7. The number of aliphatic hydroxyl groups is 1. The van der Waals surface area contributed by atoms with E-state index in [1.807, 2.05) is 40.7 Å². The second kappa shape index (κ2) is 27.5. The molecule has 1 aromatic carbocycles. The van der Waals surface area contributed by atoms with Crippen LogP contribution in [0, 0.1) is 52.3 Å². The largest absolute Gasteiger partial charge is 0.496 e. The van der Waals surface area contributed by atoms with E-state index in [-0.39, 0.29) is 70.6 Å². The van der Waals surface area contributed by atoms with E-state index in [1.165, 1.54) is 24.9 Å². The number of allylic oxidation sites excluding steroid dienone is 6. The van der Waals surface area contributed by atoms with Crippen LogP contribution in [-0.2, 0) is 61.0 Å². The van der Waals surface area contributed by atoms with Crippen molar-refractivity contribution in [1.82, 2.24) is 20.2 Å². The molecular weight excluding hydrogens is 1280 g/mol. The van der Waals surface area contributed by atoms with Crippen LogP contribution in [-0.4, -0.2) is 144 Å². The zero-order valence-corrected chi connectivity index (χ0v) is 57.2. The number of imidazole rings is 1. The third kappa shape index (κ3) is 14.8. The Balaban J connectivity index is 1.18. The summed E-state index contributed by atoms with van der Waals surface area (Å²) in [5, 5.41) is 18.1. The van der Waals surface area contributed by atoms with Crippen molar-refractivity contribution in [1.29, 1.82) is 0 Å². The second-order valence-electron chi connectivity index (χ2n) is 27.6. The van der Waals surface area contributed by atoms with Gasteiger partial charge in [0.1, 0.15) is 24.1 Å². The van der Waals surface area contributed by atoms with E-state index in [9.17, 15) is 62.5 Å². The zero-order valence-electron chi connectivity index (χ0n) is 55.4. The number of amides is 7. The maximum atomic E-state index is 14.4. The Morgan fingerprint density at radius 3 is 1.99 bits per heavy atom. The lowest BCUT2D eigenvalue weighted by atomic mass is 9.55. The number of methoxy groups -OCH3 is 1. The highest BCUT2D eigenvalue weighted by molar-refractivity contribution is 7.47.